The van der Waals surface area contributed by atoms with E-state index in [0.29, 0.717) is 5.69 Å². The molecule has 1 fully saturated rings. The number of phenolic OH excluding ortho intramolecular Hbond substituents is 1. The maximum atomic E-state index is 12.0. The third-order valence-corrected chi connectivity index (χ3v) is 6.13. The number of carbonyl (C=O) groups is 1. The van der Waals surface area contributed by atoms with Gasteiger partial charge in [-0.05, 0) is 54.4 Å². The van der Waals surface area contributed by atoms with Crippen molar-refractivity contribution in [1.29, 1.82) is 0 Å². The van der Waals surface area contributed by atoms with Crippen molar-refractivity contribution in [3.63, 3.8) is 0 Å². The molecule has 0 spiro atoms. The Hall–Kier alpha value is -1.56. The van der Waals surface area contributed by atoms with Gasteiger partial charge in [-0.15, -0.1) is 0 Å². The zero-order valence-electron chi connectivity index (χ0n) is 13.7. The van der Waals surface area contributed by atoms with Gasteiger partial charge in [0.1, 0.15) is 12.3 Å². The van der Waals surface area contributed by atoms with Crippen LogP contribution in [0.5, 0.6) is 5.75 Å². The van der Waals surface area contributed by atoms with Crippen molar-refractivity contribution < 1.29 is 14.1 Å². The molecule has 1 aliphatic carbocycles. The first kappa shape index (κ1) is 16.3. The van der Waals surface area contributed by atoms with Crippen LogP contribution in [0.4, 0.5) is 5.69 Å². The predicted molar refractivity (Wildman–Crippen MR) is 91.4 cm³/mol. The second-order valence-electron chi connectivity index (χ2n) is 7.01. The summed E-state index contributed by atoms with van der Waals surface area (Å²) < 4.78 is 15.8. The van der Waals surface area contributed by atoms with Crippen LogP contribution in [-0.2, 0) is 28.8 Å². The lowest BCUT2D eigenvalue weighted by molar-refractivity contribution is -0.117. The maximum absolute atomic E-state index is 12.0. The third kappa shape index (κ3) is 3.22. The highest BCUT2D eigenvalue weighted by molar-refractivity contribution is 7.85. The van der Waals surface area contributed by atoms with Crippen molar-refractivity contribution in [1.82, 2.24) is 4.72 Å². The number of nitrogens with zero attached hydrogens (tertiary/aromatic N) is 1. The molecule has 0 bridgehead atoms. The minimum atomic E-state index is -1.60. The Labute approximate surface area is 139 Å². The number of hydrogen-bond donors (Lipinski definition) is 2. The number of unbranched alkanes of at least 4 members (excludes halogenated alkanes) is 1. The normalized spacial score (nSPS) is 27.0. The number of hydrogen-bond acceptors (Lipinski definition) is 3. The van der Waals surface area contributed by atoms with Gasteiger partial charge in [0.25, 0.3) is 5.91 Å². The van der Waals surface area contributed by atoms with E-state index < -0.39 is 11.2 Å². The lowest BCUT2D eigenvalue weighted by Gasteiger charge is -2.35. The number of carbonyl (C=O) groups excluding carboxylic acids is 1. The van der Waals surface area contributed by atoms with Crippen molar-refractivity contribution in [2.45, 2.75) is 52.4 Å². The van der Waals surface area contributed by atoms with E-state index in [-0.39, 0.29) is 23.6 Å². The van der Waals surface area contributed by atoms with Gasteiger partial charge in [0.05, 0.1) is 5.69 Å². The van der Waals surface area contributed by atoms with E-state index >= 15 is 0 Å². The first-order valence-corrected chi connectivity index (χ1v) is 9.36. The molecule has 1 aromatic rings. The number of benzene rings is 1. The summed E-state index contributed by atoms with van der Waals surface area (Å²) in [6, 6.07) is 3.70. The summed E-state index contributed by atoms with van der Waals surface area (Å²) in [7, 11) is 0. The predicted octanol–water partition coefficient (Wildman–Crippen LogP) is 2.59. The monoisotopic (exact) mass is 336 g/mol. The Bertz CT molecular complexity index is 661. The molecule has 126 valence electrons. The van der Waals surface area contributed by atoms with Crippen molar-refractivity contribution in [3.05, 3.63) is 23.3 Å². The van der Waals surface area contributed by atoms with Gasteiger partial charge in [-0.3, -0.25) is 13.8 Å². The van der Waals surface area contributed by atoms with E-state index in [1.165, 1.54) is 34.7 Å². The van der Waals surface area contributed by atoms with E-state index in [4.69, 9.17) is 0 Å². The highest BCUT2D eigenvalue weighted by Crippen LogP contribution is 2.43. The molecular formula is C17H24N2O3S. The minimum absolute atomic E-state index is 0.0199. The van der Waals surface area contributed by atoms with E-state index in [1.54, 1.807) is 6.07 Å². The molecule has 6 heteroatoms. The Morgan fingerprint density at radius 3 is 2.83 bits per heavy atom. The zero-order valence-corrected chi connectivity index (χ0v) is 14.5. The van der Waals surface area contributed by atoms with Gasteiger partial charge in [-0.1, -0.05) is 26.7 Å². The molecule has 0 aromatic heterocycles. The lowest BCUT2D eigenvalue weighted by atomic mass is 9.70. The Morgan fingerprint density at radius 2 is 2.17 bits per heavy atom. The summed E-state index contributed by atoms with van der Waals surface area (Å²) in [5.41, 5.74) is 3.15. The van der Waals surface area contributed by atoms with Crippen molar-refractivity contribution in [3.8, 4) is 5.75 Å². The van der Waals surface area contributed by atoms with Gasteiger partial charge < -0.3 is 5.11 Å². The minimum Gasteiger partial charge on any atom is -0.506 e. The SMILES string of the molecule is CCCCC1(C)CCc2cc(O)c(N3CC(=O)NS3=O)cc2C1. The summed E-state index contributed by atoms with van der Waals surface area (Å²) in [6.07, 6.45) is 6.69. The lowest BCUT2D eigenvalue weighted by Crippen LogP contribution is -2.27. The third-order valence-electron chi connectivity index (χ3n) is 5.00. The number of phenols is 1. The van der Waals surface area contributed by atoms with Gasteiger partial charge in [0.15, 0.2) is 0 Å². The van der Waals surface area contributed by atoms with E-state index in [1.807, 2.05) is 6.07 Å². The molecule has 0 radical (unpaired) electrons. The molecule has 1 amide bonds. The molecule has 23 heavy (non-hydrogen) atoms. The van der Waals surface area contributed by atoms with E-state index in [9.17, 15) is 14.1 Å². The van der Waals surface area contributed by atoms with E-state index in [0.717, 1.165) is 19.3 Å². The second kappa shape index (κ2) is 6.15. The first-order chi connectivity index (χ1) is 10.9. The first-order valence-electron chi connectivity index (χ1n) is 8.25. The van der Waals surface area contributed by atoms with Crippen molar-refractivity contribution >= 4 is 22.8 Å². The second-order valence-corrected chi connectivity index (χ2v) is 8.15. The quantitative estimate of drug-likeness (QED) is 0.888. The number of fused-ring (bicyclic) bond motifs is 1. The molecule has 2 aliphatic rings. The molecule has 2 unspecified atom stereocenters. The van der Waals surface area contributed by atoms with Gasteiger partial charge in [0, 0.05) is 0 Å². The van der Waals surface area contributed by atoms with Gasteiger partial charge >= 0.3 is 0 Å². The molecule has 2 N–H and O–H groups in total. The molecule has 3 rings (SSSR count). The summed E-state index contributed by atoms with van der Waals surface area (Å²) in [4.78, 5) is 11.4. The van der Waals surface area contributed by atoms with Crippen LogP contribution in [0.1, 0.15) is 50.7 Å². The van der Waals surface area contributed by atoms with Crippen LogP contribution < -0.4 is 9.03 Å². The highest BCUT2D eigenvalue weighted by atomic mass is 32.2. The molecule has 0 saturated carbocycles. The fourth-order valence-electron chi connectivity index (χ4n) is 3.61. The smallest absolute Gasteiger partial charge is 0.253 e. The number of rotatable bonds is 4. The largest absolute Gasteiger partial charge is 0.506 e. The molecule has 1 heterocycles. The number of aromatic hydroxyl groups is 1. The van der Waals surface area contributed by atoms with Crippen LogP contribution in [0.25, 0.3) is 0 Å². The van der Waals surface area contributed by atoms with Gasteiger partial charge in [-0.2, -0.15) is 0 Å². The summed E-state index contributed by atoms with van der Waals surface area (Å²) in [6.45, 7) is 4.56. The fourth-order valence-corrected chi connectivity index (χ4v) is 4.54. The van der Waals surface area contributed by atoms with E-state index in [2.05, 4.69) is 18.6 Å². The molecule has 2 atom stereocenters. The zero-order chi connectivity index (χ0) is 16.6. The summed E-state index contributed by atoms with van der Waals surface area (Å²) >= 11 is -1.60. The molecular weight excluding hydrogens is 312 g/mol. The molecule has 1 aromatic carbocycles. The number of amides is 1. The topological polar surface area (TPSA) is 69.6 Å². The van der Waals surface area contributed by atoms with Crippen LogP contribution in [0, 0.1) is 5.41 Å². The Kier molecular flexibility index (Phi) is 4.36. The van der Waals surface area contributed by atoms with Crippen molar-refractivity contribution in [2.75, 3.05) is 10.8 Å². The summed E-state index contributed by atoms with van der Waals surface area (Å²) in [5, 5.41) is 10.3. The molecule has 1 aliphatic heterocycles. The van der Waals surface area contributed by atoms with Gasteiger partial charge in [-0.25, -0.2) is 4.21 Å². The standard InChI is InChI=1S/C17H24N2O3S/c1-3-4-6-17(2)7-5-12-9-15(20)14(8-13(12)10-17)19-11-16(21)18-23(19)22/h8-9,20H,3-7,10-11H2,1-2H3,(H,18,21). The fraction of sp³-hybridized carbons (Fsp3) is 0.588. The van der Waals surface area contributed by atoms with Crippen LogP contribution >= 0.6 is 0 Å². The number of aryl methyl sites for hydroxylation is 1. The van der Waals surface area contributed by atoms with Crippen molar-refractivity contribution in [2.24, 2.45) is 5.41 Å². The van der Waals surface area contributed by atoms with Crippen LogP contribution in [-0.4, -0.2) is 21.8 Å². The maximum Gasteiger partial charge on any atom is 0.253 e. The highest BCUT2D eigenvalue weighted by Gasteiger charge is 2.33. The average Bonchev–Trinajstić information content (AvgIpc) is 2.84. The molecule has 1 saturated heterocycles. The number of anilines is 1. The Morgan fingerprint density at radius 1 is 1.39 bits per heavy atom. The average molecular weight is 336 g/mol. The molecule has 5 nitrogen and oxygen atoms in total. The Balaban J connectivity index is 1.90. The van der Waals surface area contributed by atoms with Gasteiger partial charge in [0.2, 0.25) is 11.2 Å². The van der Waals surface area contributed by atoms with Crippen LogP contribution in [0.2, 0.25) is 0 Å². The van der Waals surface area contributed by atoms with Crippen LogP contribution in [0.3, 0.4) is 0 Å². The number of nitrogens with one attached hydrogen (secondary N) is 1. The summed E-state index contributed by atoms with van der Waals surface area (Å²) in [5.74, 6) is -0.181. The van der Waals surface area contributed by atoms with Crippen LogP contribution in [0.15, 0.2) is 12.1 Å².